The van der Waals surface area contributed by atoms with Gasteiger partial charge in [0, 0.05) is 25.6 Å². The third-order valence-corrected chi connectivity index (χ3v) is 3.64. The van der Waals surface area contributed by atoms with Crippen LogP contribution < -0.4 is 5.32 Å². The summed E-state index contributed by atoms with van der Waals surface area (Å²) in [6, 6.07) is 10.1. The Morgan fingerprint density at radius 3 is 2.64 bits per heavy atom. The summed E-state index contributed by atoms with van der Waals surface area (Å²) < 4.78 is 5.35. The first kappa shape index (κ1) is 16.8. The van der Waals surface area contributed by atoms with Gasteiger partial charge in [-0.2, -0.15) is 0 Å². The van der Waals surface area contributed by atoms with Crippen molar-refractivity contribution >= 4 is 6.09 Å². The van der Waals surface area contributed by atoms with Crippen LogP contribution in [0.4, 0.5) is 4.79 Å². The molecule has 2 atom stereocenters. The molecule has 1 fully saturated rings. The second-order valence-electron chi connectivity index (χ2n) is 6.83. The molecule has 122 valence electrons. The van der Waals surface area contributed by atoms with Crippen LogP contribution >= 0.6 is 0 Å². The number of hydrogen-bond donors (Lipinski definition) is 2. The molecule has 1 aromatic rings. The molecule has 22 heavy (non-hydrogen) atoms. The molecular formula is C17H26N2O3. The first-order chi connectivity index (χ1) is 10.3. The Morgan fingerprint density at radius 1 is 1.32 bits per heavy atom. The number of carbonyl (C=O) groups excluding carboxylic acids is 1. The van der Waals surface area contributed by atoms with Crippen LogP contribution in [0.1, 0.15) is 26.3 Å². The van der Waals surface area contributed by atoms with Gasteiger partial charge in [0.1, 0.15) is 5.60 Å². The molecule has 0 aliphatic carbocycles. The van der Waals surface area contributed by atoms with Crippen molar-refractivity contribution in [2.24, 2.45) is 5.92 Å². The van der Waals surface area contributed by atoms with Crippen molar-refractivity contribution < 1.29 is 14.6 Å². The SMILES string of the molecule is CC(C)(C)OC(=O)N1CC(O)C(CNCc2ccccc2)C1. The van der Waals surface area contributed by atoms with Crippen molar-refractivity contribution in [3.8, 4) is 0 Å². The molecule has 2 rings (SSSR count). The van der Waals surface area contributed by atoms with E-state index in [2.05, 4.69) is 17.4 Å². The van der Waals surface area contributed by atoms with Gasteiger partial charge in [0.25, 0.3) is 0 Å². The molecule has 0 radical (unpaired) electrons. The Bertz CT molecular complexity index is 484. The minimum atomic E-state index is -0.508. The number of aliphatic hydroxyl groups is 1. The number of aliphatic hydroxyl groups excluding tert-OH is 1. The van der Waals surface area contributed by atoms with Gasteiger partial charge in [0.05, 0.1) is 12.6 Å². The Hall–Kier alpha value is -1.59. The van der Waals surface area contributed by atoms with E-state index in [9.17, 15) is 9.90 Å². The first-order valence-electron chi connectivity index (χ1n) is 7.76. The van der Waals surface area contributed by atoms with Crippen LogP contribution in [0, 0.1) is 5.92 Å². The van der Waals surface area contributed by atoms with Gasteiger partial charge in [0.2, 0.25) is 0 Å². The molecular weight excluding hydrogens is 280 g/mol. The summed E-state index contributed by atoms with van der Waals surface area (Å²) >= 11 is 0. The number of nitrogens with zero attached hydrogens (tertiary/aromatic N) is 1. The molecule has 0 spiro atoms. The topological polar surface area (TPSA) is 61.8 Å². The van der Waals surface area contributed by atoms with E-state index >= 15 is 0 Å². The van der Waals surface area contributed by atoms with Crippen molar-refractivity contribution in [2.45, 2.75) is 39.0 Å². The average molecular weight is 306 g/mol. The summed E-state index contributed by atoms with van der Waals surface area (Å²) in [7, 11) is 0. The summed E-state index contributed by atoms with van der Waals surface area (Å²) in [4.78, 5) is 13.6. The highest BCUT2D eigenvalue weighted by atomic mass is 16.6. The summed E-state index contributed by atoms with van der Waals surface area (Å²) in [5.41, 5.74) is 0.699. The molecule has 0 bridgehead atoms. The fraction of sp³-hybridized carbons (Fsp3) is 0.588. The molecule has 2 unspecified atom stereocenters. The largest absolute Gasteiger partial charge is 0.444 e. The number of β-amino-alcohol motifs (C(OH)–C–C–N with tert-alkyl or cyclic N) is 1. The number of hydrogen-bond acceptors (Lipinski definition) is 4. The van der Waals surface area contributed by atoms with Crippen LogP contribution in [0.15, 0.2) is 30.3 Å². The second kappa shape index (κ2) is 7.11. The molecule has 0 saturated carbocycles. The fourth-order valence-corrected chi connectivity index (χ4v) is 2.53. The first-order valence-corrected chi connectivity index (χ1v) is 7.76. The van der Waals surface area contributed by atoms with Crippen molar-refractivity contribution in [1.82, 2.24) is 10.2 Å². The summed E-state index contributed by atoms with van der Waals surface area (Å²) in [6.45, 7) is 7.83. The fourth-order valence-electron chi connectivity index (χ4n) is 2.53. The molecule has 2 N–H and O–H groups in total. The molecule has 1 aromatic carbocycles. The zero-order chi connectivity index (χ0) is 16.2. The third kappa shape index (κ3) is 5.00. The highest BCUT2D eigenvalue weighted by molar-refractivity contribution is 5.68. The van der Waals surface area contributed by atoms with Gasteiger partial charge in [-0.25, -0.2) is 4.79 Å². The molecule has 5 nitrogen and oxygen atoms in total. The maximum Gasteiger partial charge on any atom is 0.410 e. The number of likely N-dealkylation sites (tertiary alicyclic amines) is 1. The van der Waals surface area contributed by atoms with Gasteiger partial charge in [-0.1, -0.05) is 30.3 Å². The van der Waals surface area contributed by atoms with Gasteiger partial charge in [-0.15, -0.1) is 0 Å². The normalized spacial score (nSPS) is 21.9. The predicted octanol–water partition coefficient (Wildman–Crippen LogP) is 2.00. The zero-order valence-electron chi connectivity index (χ0n) is 13.6. The lowest BCUT2D eigenvalue weighted by molar-refractivity contribution is 0.0270. The standard InChI is InChI=1S/C17H26N2O3/c1-17(2,3)22-16(21)19-11-14(15(20)12-19)10-18-9-13-7-5-4-6-8-13/h4-8,14-15,18,20H,9-12H2,1-3H3. The number of carbonyl (C=O) groups is 1. The number of amides is 1. The van der Waals surface area contributed by atoms with E-state index in [1.165, 1.54) is 5.56 Å². The van der Waals surface area contributed by atoms with E-state index in [-0.39, 0.29) is 12.0 Å². The maximum atomic E-state index is 12.0. The van der Waals surface area contributed by atoms with E-state index in [4.69, 9.17) is 4.74 Å². The maximum absolute atomic E-state index is 12.0. The quantitative estimate of drug-likeness (QED) is 0.893. The molecule has 1 heterocycles. The number of nitrogens with one attached hydrogen (secondary N) is 1. The lowest BCUT2D eigenvalue weighted by Gasteiger charge is -2.24. The second-order valence-corrected chi connectivity index (χ2v) is 6.83. The molecule has 1 saturated heterocycles. The van der Waals surface area contributed by atoms with E-state index in [0.29, 0.717) is 19.6 Å². The number of benzene rings is 1. The Labute approximate surface area is 132 Å². The number of rotatable bonds is 4. The van der Waals surface area contributed by atoms with Crippen LogP contribution in [-0.4, -0.2) is 47.4 Å². The molecule has 1 aliphatic rings. The monoisotopic (exact) mass is 306 g/mol. The number of ether oxygens (including phenoxy) is 1. The van der Waals surface area contributed by atoms with E-state index < -0.39 is 11.7 Å². The van der Waals surface area contributed by atoms with Crippen molar-refractivity contribution in [3.05, 3.63) is 35.9 Å². The van der Waals surface area contributed by atoms with E-state index in [1.807, 2.05) is 39.0 Å². The van der Waals surface area contributed by atoms with E-state index in [1.54, 1.807) is 4.90 Å². The average Bonchev–Trinajstić information content (AvgIpc) is 2.80. The van der Waals surface area contributed by atoms with Crippen molar-refractivity contribution in [3.63, 3.8) is 0 Å². The third-order valence-electron chi connectivity index (χ3n) is 3.64. The van der Waals surface area contributed by atoms with Crippen LogP contribution in [-0.2, 0) is 11.3 Å². The van der Waals surface area contributed by atoms with Gasteiger partial charge in [-0.3, -0.25) is 0 Å². The highest BCUT2D eigenvalue weighted by Crippen LogP contribution is 2.19. The van der Waals surface area contributed by atoms with Crippen LogP contribution in [0.5, 0.6) is 0 Å². The van der Waals surface area contributed by atoms with Crippen LogP contribution in [0.2, 0.25) is 0 Å². The Kier molecular flexibility index (Phi) is 5.42. The molecule has 1 amide bonds. The smallest absolute Gasteiger partial charge is 0.410 e. The lowest BCUT2D eigenvalue weighted by Crippen LogP contribution is -2.36. The summed E-state index contributed by atoms with van der Waals surface area (Å²) in [6.07, 6.45) is -0.854. The van der Waals surface area contributed by atoms with Crippen LogP contribution in [0.3, 0.4) is 0 Å². The van der Waals surface area contributed by atoms with Gasteiger partial charge < -0.3 is 20.1 Å². The van der Waals surface area contributed by atoms with E-state index in [0.717, 1.165) is 6.54 Å². The predicted molar refractivity (Wildman–Crippen MR) is 85.5 cm³/mol. The Morgan fingerprint density at radius 2 is 2.00 bits per heavy atom. The lowest BCUT2D eigenvalue weighted by atomic mass is 10.1. The molecule has 1 aliphatic heterocycles. The Balaban J connectivity index is 1.77. The molecule has 5 heteroatoms. The van der Waals surface area contributed by atoms with Gasteiger partial charge >= 0.3 is 6.09 Å². The van der Waals surface area contributed by atoms with Gasteiger partial charge in [0.15, 0.2) is 0 Å². The van der Waals surface area contributed by atoms with Crippen molar-refractivity contribution in [1.29, 1.82) is 0 Å². The zero-order valence-corrected chi connectivity index (χ0v) is 13.6. The van der Waals surface area contributed by atoms with Gasteiger partial charge in [-0.05, 0) is 26.3 Å². The minimum Gasteiger partial charge on any atom is -0.444 e. The minimum absolute atomic E-state index is 0.0382. The molecule has 0 aromatic heterocycles. The van der Waals surface area contributed by atoms with Crippen molar-refractivity contribution in [2.75, 3.05) is 19.6 Å². The highest BCUT2D eigenvalue weighted by Gasteiger charge is 2.35. The van der Waals surface area contributed by atoms with Crippen LogP contribution in [0.25, 0.3) is 0 Å². The summed E-state index contributed by atoms with van der Waals surface area (Å²) in [5.74, 6) is 0.0382. The summed E-state index contributed by atoms with van der Waals surface area (Å²) in [5, 5.41) is 13.5.